The second kappa shape index (κ2) is 8.13. The molecule has 0 spiro atoms. The number of nitrogens with two attached hydrogens (primary N) is 1. The van der Waals surface area contributed by atoms with Gasteiger partial charge in [0.15, 0.2) is 0 Å². The molecule has 0 bridgehead atoms. The van der Waals surface area contributed by atoms with Crippen molar-refractivity contribution in [2.24, 2.45) is 5.73 Å². The van der Waals surface area contributed by atoms with E-state index >= 15 is 0 Å². The third-order valence-corrected chi connectivity index (χ3v) is 5.63. The molecule has 2 aromatic rings. The van der Waals surface area contributed by atoms with Gasteiger partial charge in [0, 0.05) is 36.3 Å². The molecular formula is C22H26N4O3. The summed E-state index contributed by atoms with van der Waals surface area (Å²) in [5, 5.41) is 14.5. The lowest BCUT2D eigenvalue weighted by Gasteiger charge is -2.30. The summed E-state index contributed by atoms with van der Waals surface area (Å²) in [5.74, 6) is 0.145. The molecule has 2 atom stereocenters. The van der Waals surface area contributed by atoms with Crippen molar-refractivity contribution < 1.29 is 14.7 Å². The Morgan fingerprint density at radius 1 is 1.00 bits per heavy atom. The van der Waals surface area contributed by atoms with Gasteiger partial charge in [0.1, 0.15) is 0 Å². The highest BCUT2D eigenvalue weighted by atomic mass is 16.4. The second-order valence-corrected chi connectivity index (χ2v) is 7.79. The Morgan fingerprint density at radius 2 is 1.69 bits per heavy atom. The van der Waals surface area contributed by atoms with Gasteiger partial charge in [0.05, 0.1) is 11.4 Å². The van der Waals surface area contributed by atoms with Gasteiger partial charge in [-0.05, 0) is 61.6 Å². The fraction of sp³-hybridized carbons (Fsp3) is 0.364. The molecule has 7 nitrogen and oxygen atoms in total. The van der Waals surface area contributed by atoms with Crippen LogP contribution in [0.2, 0.25) is 0 Å². The van der Waals surface area contributed by atoms with Crippen molar-refractivity contribution in [3.05, 3.63) is 53.6 Å². The molecule has 152 valence electrons. The van der Waals surface area contributed by atoms with E-state index in [-0.39, 0.29) is 11.9 Å². The van der Waals surface area contributed by atoms with E-state index in [0.29, 0.717) is 22.9 Å². The molecule has 1 aliphatic heterocycles. The number of carboxylic acid groups (broad SMARTS) is 1. The topological polar surface area (TPSA) is 108 Å². The van der Waals surface area contributed by atoms with Gasteiger partial charge in [-0.2, -0.15) is 0 Å². The highest BCUT2D eigenvalue weighted by molar-refractivity contribution is 6.06. The maximum atomic E-state index is 12.7. The number of rotatable bonds is 5. The van der Waals surface area contributed by atoms with Crippen molar-refractivity contribution in [1.29, 1.82) is 0 Å². The lowest BCUT2D eigenvalue weighted by atomic mass is 10.1. The average Bonchev–Trinajstić information content (AvgIpc) is 3.45. The molecule has 2 aromatic carbocycles. The van der Waals surface area contributed by atoms with Crippen LogP contribution in [-0.4, -0.2) is 36.2 Å². The van der Waals surface area contributed by atoms with E-state index < -0.39 is 6.09 Å². The number of amides is 2. The van der Waals surface area contributed by atoms with Crippen LogP contribution in [0, 0.1) is 0 Å². The molecule has 0 radical (unpaired) electrons. The predicted molar refractivity (Wildman–Crippen MR) is 114 cm³/mol. The molecule has 2 amide bonds. The molecule has 0 unspecified atom stereocenters. The average molecular weight is 394 g/mol. The van der Waals surface area contributed by atoms with Gasteiger partial charge in [-0.3, -0.25) is 10.1 Å². The number of carbonyl (C=O) groups excluding carboxylic acids is 1. The van der Waals surface area contributed by atoms with Crippen LogP contribution < -0.4 is 21.3 Å². The molecule has 29 heavy (non-hydrogen) atoms. The summed E-state index contributed by atoms with van der Waals surface area (Å²) in [6, 6.07) is 13.1. The lowest BCUT2D eigenvalue weighted by Crippen LogP contribution is -2.30. The molecule has 1 aliphatic carbocycles. The highest BCUT2D eigenvalue weighted by Gasteiger charge is 2.34. The fourth-order valence-electron chi connectivity index (χ4n) is 3.92. The van der Waals surface area contributed by atoms with E-state index in [1.165, 1.54) is 12.0 Å². The van der Waals surface area contributed by atoms with Gasteiger partial charge in [-0.1, -0.05) is 12.1 Å². The molecule has 1 saturated carbocycles. The lowest BCUT2D eigenvalue weighted by molar-refractivity contribution is 0.102. The van der Waals surface area contributed by atoms with Crippen LogP contribution in [0.25, 0.3) is 0 Å². The van der Waals surface area contributed by atoms with Gasteiger partial charge in [0.2, 0.25) is 0 Å². The zero-order valence-corrected chi connectivity index (χ0v) is 16.2. The Bertz CT molecular complexity index is 907. The van der Waals surface area contributed by atoms with Crippen LogP contribution >= 0.6 is 0 Å². The van der Waals surface area contributed by atoms with Crippen molar-refractivity contribution in [2.45, 2.75) is 37.6 Å². The van der Waals surface area contributed by atoms with E-state index in [1.54, 1.807) is 12.1 Å². The molecule has 5 N–H and O–H groups in total. The largest absolute Gasteiger partial charge is 0.465 e. The van der Waals surface area contributed by atoms with E-state index in [0.717, 1.165) is 38.0 Å². The van der Waals surface area contributed by atoms with Crippen molar-refractivity contribution in [3.8, 4) is 0 Å². The number of benzene rings is 2. The SMILES string of the molecule is N[C@@H]1C[C@H]1c1ccc(NC(=O)c2ccc(N3CCCCC3)c(NC(=O)O)c2)cc1. The predicted octanol–water partition coefficient (Wildman–Crippen LogP) is 3.83. The zero-order chi connectivity index (χ0) is 20.4. The Kier molecular flexibility index (Phi) is 5.40. The third-order valence-electron chi connectivity index (χ3n) is 5.63. The van der Waals surface area contributed by atoms with E-state index in [4.69, 9.17) is 5.73 Å². The fourth-order valence-corrected chi connectivity index (χ4v) is 3.92. The molecule has 0 aromatic heterocycles. The molecule has 7 heteroatoms. The summed E-state index contributed by atoms with van der Waals surface area (Å²) < 4.78 is 0. The minimum atomic E-state index is -1.14. The number of hydrogen-bond acceptors (Lipinski definition) is 4. The third kappa shape index (κ3) is 4.51. The summed E-state index contributed by atoms with van der Waals surface area (Å²) in [4.78, 5) is 26.1. The van der Waals surface area contributed by atoms with Crippen LogP contribution in [0.15, 0.2) is 42.5 Å². The van der Waals surface area contributed by atoms with Crippen molar-refractivity contribution in [3.63, 3.8) is 0 Å². The minimum absolute atomic E-state index is 0.244. The van der Waals surface area contributed by atoms with Crippen molar-refractivity contribution in [1.82, 2.24) is 0 Å². The van der Waals surface area contributed by atoms with Gasteiger partial charge in [0.25, 0.3) is 5.91 Å². The van der Waals surface area contributed by atoms with Gasteiger partial charge < -0.3 is 21.1 Å². The molecule has 1 saturated heterocycles. The maximum absolute atomic E-state index is 12.7. The number of nitrogens with zero attached hydrogens (tertiary/aromatic N) is 1. The highest BCUT2D eigenvalue weighted by Crippen LogP contribution is 2.39. The van der Waals surface area contributed by atoms with Gasteiger partial charge >= 0.3 is 6.09 Å². The Hall–Kier alpha value is -3.06. The van der Waals surface area contributed by atoms with Crippen molar-refractivity contribution in [2.75, 3.05) is 28.6 Å². The first-order chi connectivity index (χ1) is 14.0. The zero-order valence-electron chi connectivity index (χ0n) is 16.2. The van der Waals surface area contributed by atoms with E-state index in [2.05, 4.69) is 15.5 Å². The van der Waals surface area contributed by atoms with Crippen LogP contribution in [0.4, 0.5) is 21.9 Å². The van der Waals surface area contributed by atoms with Crippen LogP contribution in [0.1, 0.15) is 47.5 Å². The van der Waals surface area contributed by atoms with Crippen LogP contribution in [0.3, 0.4) is 0 Å². The Labute approximate surface area is 169 Å². The summed E-state index contributed by atoms with van der Waals surface area (Å²) >= 11 is 0. The van der Waals surface area contributed by atoms with Gasteiger partial charge in [-0.15, -0.1) is 0 Å². The molecule has 2 aliphatic rings. The Morgan fingerprint density at radius 3 is 2.31 bits per heavy atom. The quantitative estimate of drug-likeness (QED) is 0.616. The van der Waals surface area contributed by atoms with Gasteiger partial charge in [-0.25, -0.2) is 4.79 Å². The summed E-state index contributed by atoms with van der Waals surface area (Å²) in [6.45, 7) is 1.77. The normalized spacial score (nSPS) is 20.8. The minimum Gasteiger partial charge on any atom is -0.465 e. The standard InChI is InChI=1S/C22H26N4O3/c23-18-13-17(18)14-4-7-16(8-5-14)24-21(27)15-6-9-20(19(12-15)25-22(28)29)26-10-2-1-3-11-26/h4-9,12,17-18,25H,1-3,10-11,13,23H2,(H,24,27)(H,28,29)/t17-,18+/m0/s1. The molecular weight excluding hydrogens is 368 g/mol. The molecule has 1 heterocycles. The second-order valence-electron chi connectivity index (χ2n) is 7.79. The number of piperidine rings is 1. The maximum Gasteiger partial charge on any atom is 0.409 e. The first kappa shape index (κ1) is 19.3. The smallest absolute Gasteiger partial charge is 0.409 e. The Balaban J connectivity index is 1.50. The van der Waals surface area contributed by atoms with E-state index in [1.807, 2.05) is 30.3 Å². The summed E-state index contributed by atoms with van der Waals surface area (Å²) in [6.07, 6.45) is 3.21. The first-order valence-corrected chi connectivity index (χ1v) is 10.1. The monoisotopic (exact) mass is 394 g/mol. The molecule has 2 fully saturated rings. The number of anilines is 3. The van der Waals surface area contributed by atoms with Crippen LogP contribution in [-0.2, 0) is 0 Å². The first-order valence-electron chi connectivity index (χ1n) is 10.1. The van der Waals surface area contributed by atoms with E-state index in [9.17, 15) is 14.7 Å². The number of carbonyl (C=O) groups is 2. The summed E-state index contributed by atoms with van der Waals surface area (Å²) in [7, 11) is 0. The number of nitrogens with one attached hydrogen (secondary N) is 2. The molecule has 4 rings (SSSR count). The summed E-state index contributed by atoms with van der Waals surface area (Å²) in [5.41, 5.74) is 9.43. The van der Waals surface area contributed by atoms with Crippen molar-refractivity contribution >= 4 is 29.1 Å². The number of hydrogen-bond donors (Lipinski definition) is 4. The van der Waals surface area contributed by atoms with Crippen LogP contribution in [0.5, 0.6) is 0 Å².